The van der Waals surface area contributed by atoms with Crippen LogP contribution in [0.5, 0.6) is 0 Å². The Balaban J connectivity index is 1.23. The molecular formula is C30H26N6O2. The fourth-order valence-electron chi connectivity index (χ4n) is 5.46. The van der Waals surface area contributed by atoms with Crippen molar-refractivity contribution in [2.45, 2.75) is 32.1 Å². The highest BCUT2D eigenvalue weighted by atomic mass is 16.3. The predicted molar refractivity (Wildman–Crippen MR) is 147 cm³/mol. The monoisotopic (exact) mass is 502 g/mol. The minimum Gasteiger partial charge on any atom is -0.472 e. The van der Waals surface area contributed by atoms with Crippen LogP contribution in [0.25, 0.3) is 55.7 Å². The predicted octanol–water partition coefficient (Wildman–Crippen LogP) is 6.95. The lowest BCUT2D eigenvalue weighted by Gasteiger charge is -2.20. The zero-order chi connectivity index (χ0) is 25.5. The molecule has 0 unspecified atom stereocenters. The molecule has 5 aromatic heterocycles. The Hall–Kier alpha value is -4.72. The molecule has 1 saturated carbocycles. The zero-order valence-corrected chi connectivity index (χ0v) is 20.7. The van der Waals surface area contributed by atoms with Crippen LogP contribution in [-0.2, 0) is 4.79 Å². The number of carbonyl (C=O) groups is 1. The number of furan rings is 1. The maximum Gasteiger partial charge on any atom is 0.227 e. The van der Waals surface area contributed by atoms with Crippen LogP contribution in [0.4, 0.5) is 5.69 Å². The molecule has 3 N–H and O–H groups in total. The van der Waals surface area contributed by atoms with Crippen LogP contribution < -0.4 is 5.32 Å². The van der Waals surface area contributed by atoms with Crippen molar-refractivity contribution in [1.82, 2.24) is 25.1 Å². The van der Waals surface area contributed by atoms with Gasteiger partial charge in [0, 0.05) is 34.1 Å². The second-order valence-corrected chi connectivity index (χ2v) is 9.91. The lowest BCUT2D eigenvalue weighted by Crippen LogP contribution is -2.24. The van der Waals surface area contributed by atoms with E-state index in [0.29, 0.717) is 5.69 Å². The number of nitrogens with one attached hydrogen (secondary N) is 3. The summed E-state index contributed by atoms with van der Waals surface area (Å²) in [5.41, 5.74) is 8.62. The van der Waals surface area contributed by atoms with Crippen LogP contribution >= 0.6 is 0 Å². The molecule has 6 aromatic rings. The summed E-state index contributed by atoms with van der Waals surface area (Å²) in [6, 6.07) is 16.1. The molecule has 1 aliphatic carbocycles. The van der Waals surface area contributed by atoms with Gasteiger partial charge in [-0.2, -0.15) is 5.10 Å². The highest BCUT2D eigenvalue weighted by molar-refractivity contribution is 6.00. The van der Waals surface area contributed by atoms with Crippen LogP contribution in [0.15, 0.2) is 77.9 Å². The van der Waals surface area contributed by atoms with Gasteiger partial charge >= 0.3 is 0 Å². The number of benzene rings is 1. The van der Waals surface area contributed by atoms with E-state index in [0.717, 1.165) is 81.4 Å². The number of amides is 1. The van der Waals surface area contributed by atoms with E-state index < -0.39 is 0 Å². The van der Waals surface area contributed by atoms with E-state index >= 15 is 0 Å². The minimum atomic E-state index is 0.0813. The Morgan fingerprint density at radius 2 is 1.89 bits per heavy atom. The Kier molecular flexibility index (Phi) is 5.50. The summed E-state index contributed by atoms with van der Waals surface area (Å²) in [6.07, 6.45) is 12.3. The molecule has 38 heavy (non-hydrogen) atoms. The molecule has 5 heterocycles. The van der Waals surface area contributed by atoms with Crippen molar-refractivity contribution < 1.29 is 9.21 Å². The van der Waals surface area contributed by atoms with Crippen LogP contribution in [-0.4, -0.2) is 31.1 Å². The van der Waals surface area contributed by atoms with Gasteiger partial charge in [0.15, 0.2) is 0 Å². The first-order chi connectivity index (χ1) is 18.7. The Morgan fingerprint density at radius 3 is 2.76 bits per heavy atom. The number of anilines is 1. The summed E-state index contributed by atoms with van der Waals surface area (Å²) in [7, 11) is 0. The first-order valence-electron chi connectivity index (χ1n) is 13.0. The van der Waals surface area contributed by atoms with E-state index in [1.807, 2.05) is 30.3 Å². The number of hydrogen-bond donors (Lipinski definition) is 3. The van der Waals surface area contributed by atoms with Crippen LogP contribution in [0.2, 0.25) is 0 Å². The first-order valence-corrected chi connectivity index (χ1v) is 13.0. The number of pyridine rings is 2. The van der Waals surface area contributed by atoms with E-state index in [1.54, 1.807) is 24.9 Å². The number of hydrogen-bond acceptors (Lipinski definition) is 5. The number of nitrogens with zero attached hydrogens (tertiary/aromatic N) is 3. The molecule has 8 nitrogen and oxygen atoms in total. The topological polar surface area (TPSA) is 112 Å². The van der Waals surface area contributed by atoms with Crippen molar-refractivity contribution in [3.8, 4) is 33.8 Å². The second kappa shape index (κ2) is 9.30. The van der Waals surface area contributed by atoms with Crippen molar-refractivity contribution >= 4 is 33.5 Å². The van der Waals surface area contributed by atoms with E-state index in [1.165, 1.54) is 6.42 Å². The molecule has 7 rings (SSSR count). The van der Waals surface area contributed by atoms with Gasteiger partial charge in [0.25, 0.3) is 0 Å². The summed E-state index contributed by atoms with van der Waals surface area (Å²) < 4.78 is 5.30. The molecule has 0 atom stereocenters. The second-order valence-electron chi connectivity index (χ2n) is 9.91. The molecule has 0 bridgehead atoms. The molecule has 1 aliphatic rings. The number of aromatic amines is 2. The van der Waals surface area contributed by atoms with Crippen LogP contribution in [0.1, 0.15) is 32.1 Å². The van der Waals surface area contributed by atoms with Crippen molar-refractivity contribution in [2.24, 2.45) is 5.92 Å². The SMILES string of the molecule is O=C(Nc1cncc(-c2ccc3[nH]nc(-c4cc5c(-c6ccoc6)cccc5[nH]4)c3n2)c1)C1CCCCC1. The van der Waals surface area contributed by atoms with Gasteiger partial charge in [0.1, 0.15) is 11.2 Å². The van der Waals surface area contributed by atoms with Crippen molar-refractivity contribution in [2.75, 3.05) is 5.32 Å². The summed E-state index contributed by atoms with van der Waals surface area (Å²) in [6.45, 7) is 0. The minimum absolute atomic E-state index is 0.0813. The van der Waals surface area contributed by atoms with E-state index in [2.05, 4.69) is 43.7 Å². The van der Waals surface area contributed by atoms with E-state index in [9.17, 15) is 4.79 Å². The van der Waals surface area contributed by atoms with Gasteiger partial charge in [0.05, 0.1) is 41.3 Å². The van der Waals surface area contributed by atoms with Crippen LogP contribution in [0.3, 0.4) is 0 Å². The average molecular weight is 503 g/mol. The van der Waals surface area contributed by atoms with Crippen molar-refractivity contribution in [3.63, 3.8) is 0 Å². The lowest BCUT2D eigenvalue weighted by atomic mass is 9.88. The van der Waals surface area contributed by atoms with E-state index in [4.69, 9.17) is 9.40 Å². The molecule has 0 aliphatic heterocycles. The van der Waals surface area contributed by atoms with Gasteiger partial charge < -0.3 is 14.7 Å². The molecule has 1 aromatic carbocycles. The van der Waals surface area contributed by atoms with Gasteiger partial charge in [-0.25, -0.2) is 4.98 Å². The zero-order valence-electron chi connectivity index (χ0n) is 20.7. The smallest absolute Gasteiger partial charge is 0.227 e. The van der Waals surface area contributed by atoms with Gasteiger partial charge in [-0.15, -0.1) is 0 Å². The van der Waals surface area contributed by atoms with Gasteiger partial charge in [-0.3, -0.25) is 14.9 Å². The Morgan fingerprint density at radius 1 is 0.974 bits per heavy atom. The number of aromatic nitrogens is 5. The lowest BCUT2D eigenvalue weighted by molar-refractivity contribution is -0.120. The molecular weight excluding hydrogens is 476 g/mol. The van der Waals surface area contributed by atoms with E-state index in [-0.39, 0.29) is 11.8 Å². The largest absolute Gasteiger partial charge is 0.472 e. The third-order valence-electron chi connectivity index (χ3n) is 7.44. The number of carbonyl (C=O) groups excluding carboxylic acids is 1. The Bertz CT molecular complexity index is 1760. The number of fused-ring (bicyclic) bond motifs is 2. The standard InChI is InChI=1S/C30H26N6O2/c37-30(18-5-2-1-3-6-18)32-21-13-20(15-31-16-21)24-9-10-26-28(34-24)29(36-35-26)27-14-23-22(19-11-12-38-17-19)7-4-8-25(23)33-27/h4,7-18,33H,1-3,5-6H2,(H,32,37)(H,35,36). The molecule has 1 fully saturated rings. The molecule has 0 saturated heterocycles. The molecule has 1 amide bonds. The highest BCUT2D eigenvalue weighted by Gasteiger charge is 2.21. The number of rotatable bonds is 5. The quantitative estimate of drug-likeness (QED) is 0.236. The first kappa shape index (κ1) is 22.5. The van der Waals surface area contributed by atoms with Gasteiger partial charge in [-0.1, -0.05) is 31.4 Å². The normalized spacial score (nSPS) is 14.3. The fourth-order valence-corrected chi connectivity index (χ4v) is 5.46. The highest BCUT2D eigenvalue weighted by Crippen LogP contribution is 2.34. The van der Waals surface area contributed by atoms with Gasteiger partial charge in [0.2, 0.25) is 5.91 Å². The maximum atomic E-state index is 12.8. The summed E-state index contributed by atoms with van der Waals surface area (Å²) in [4.78, 5) is 25.6. The maximum absolute atomic E-state index is 12.8. The third kappa shape index (κ3) is 4.04. The molecule has 0 spiro atoms. The molecule has 188 valence electrons. The summed E-state index contributed by atoms with van der Waals surface area (Å²) >= 11 is 0. The molecule has 8 heteroatoms. The van der Waals surface area contributed by atoms with Gasteiger partial charge in [-0.05, 0) is 54.8 Å². The van der Waals surface area contributed by atoms with Crippen LogP contribution in [0, 0.1) is 5.92 Å². The summed E-state index contributed by atoms with van der Waals surface area (Å²) in [5, 5.41) is 11.8. The summed E-state index contributed by atoms with van der Waals surface area (Å²) in [5.74, 6) is 0.165. The Labute approximate surface area is 218 Å². The fraction of sp³-hybridized carbons (Fsp3) is 0.200. The van der Waals surface area contributed by atoms with Crippen molar-refractivity contribution in [3.05, 3.63) is 73.5 Å². The average Bonchev–Trinajstić information content (AvgIpc) is 3.73. The third-order valence-corrected chi connectivity index (χ3v) is 7.44. The van der Waals surface area contributed by atoms with Crippen molar-refractivity contribution in [1.29, 1.82) is 0 Å². The molecule has 0 radical (unpaired) electrons. The number of H-pyrrole nitrogens is 2.